The number of ether oxygens (including phenoxy) is 1. The fourth-order valence-corrected chi connectivity index (χ4v) is 7.04. The van der Waals surface area contributed by atoms with E-state index >= 15 is 0 Å². The monoisotopic (exact) mass is 674 g/mol. The van der Waals surface area contributed by atoms with Crippen LogP contribution in [0.5, 0.6) is 11.5 Å². The van der Waals surface area contributed by atoms with Crippen molar-refractivity contribution in [1.29, 1.82) is 0 Å². The highest BCUT2D eigenvalue weighted by molar-refractivity contribution is 6.09. The molecule has 0 saturated carbocycles. The van der Waals surface area contributed by atoms with Crippen LogP contribution in [0.4, 0.5) is 0 Å². The Labute approximate surface area is 302 Å². The molecule has 0 fully saturated rings. The fourth-order valence-electron chi connectivity index (χ4n) is 7.04. The van der Waals surface area contributed by atoms with Crippen molar-refractivity contribution in [1.82, 2.24) is 19.3 Å². The molecular formula is C46H50N4O. The van der Waals surface area contributed by atoms with Gasteiger partial charge >= 0.3 is 0 Å². The van der Waals surface area contributed by atoms with Gasteiger partial charge in [-0.15, -0.1) is 0 Å². The summed E-state index contributed by atoms with van der Waals surface area (Å²) in [6.45, 7) is 24.5. The molecule has 51 heavy (non-hydrogen) atoms. The molecule has 7 rings (SSSR count). The van der Waals surface area contributed by atoms with E-state index in [1.807, 2.05) is 6.20 Å². The summed E-state index contributed by atoms with van der Waals surface area (Å²) >= 11 is 0. The Balaban J connectivity index is 1.38. The van der Waals surface area contributed by atoms with Gasteiger partial charge in [0.1, 0.15) is 17.3 Å². The zero-order chi connectivity index (χ0) is 36.5. The van der Waals surface area contributed by atoms with Gasteiger partial charge in [0.05, 0.1) is 22.4 Å². The largest absolute Gasteiger partial charge is 0.457 e. The zero-order valence-electron chi connectivity index (χ0n) is 32.0. The molecule has 0 atom stereocenters. The van der Waals surface area contributed by atoms with E-state index in [-0.39, 0.29) is 16.2 Å². The number of aromatic nitrogens is 4. The topological polar surface area (TPSA) is 44.9 Å². The Morgan fingerprint density at radius 2 is 1.25 bits per heavy atom. The predicted octanol–water partition coefficient (Wildman–Crippen LogP) is 12.3. The van der Waals surface area contributed by atoms with Crippen molar-refractivity contribution >= 4 is 21.8 Å². The van der Waals surface area contributed by atoms with Crippen LogP contribution in [0, 0.1) is 13.8 Å². The molecule has 260 valence electrons. The third-order valence-corrected chi connectivity index (χ3v) is 10.0. The van der Waals surface area contributed by atoms with Gasteiger partial charge in [0.2, 0.25) is 0 Å². The Bertz CT molecular complexity index is 2410. The van der Waals surface area contributed by atoms with Crippen LogP contribution in [-0.4, -0.2) is 19.3 Å². The number of hydrogen-bond acceptors (Lipinski definition) is 3. The van der Waals surface area contributed by atoms with Gasteiger partial charge in [-0.2, -0.15) is 5.10 Å². The van der Waals surface area contributed by atoms with E-state index in [1.54, 1.807) is 0 Å². The molecule has 0 N–H and O–H groups in total. The van der Waals surface area contributed by atoms with Crippen molar-refractivity contribution in [3.63, 3.8) is 0 Å². The lowest BCUT2D eigenvalue weighted by Crippen LogP contribution is -2.12. The average molecular weight is 675 g/mol. The highest BCUT2D eigenvalue weighted by atomic mass is 16.5. The van der Waals surface area contributed by atoms with E-state index in [0.717, 1.165) is 51.0 Å². The molecule has 7 aromatic rings. The second kappa shape index (κ2) is 12.3. The standard InChI is InChI=1S/C46H50N4O/c1-29-43(31-15-13-12-14-16-31)30(2)50(48-29)35-23-34(46(9,10)11)24-37(27-35)51-36-18-19-38-39-25-32(44(3,4)5)17-20-40(39)49(41(38)28-36)42-26-33(21-22-47-42)45(6,7)8/h12-28H,1-11H3. The third-order valence-electron chi connectivity index (χ3n) is 10.0. The van der Waals surface area contributed by atoms with Gasteiger partial charge in [0, 0.05) is 40.4 Å². The predicted molar refractivity (Wildman–Crippen MR) is 213 cm³/mol. The van der Waals surface area contributed by atoms with E-state index in [2.05, 4.69) is 182 Å². The van der Waals surface area contributed by atoms with Crippen LogP contribution >= 0.6 is 0 Å². The number of aryl methyl sites for hydroxylation is 1. The molecule has 0 aliphatic rings. The molecule has 0 aliphatic heterocycles. The minimum absolute atomic E-state index is 0.00671. The van der Waals surface area contributed by atoms with E-state index in [9.17, 15) is 0 Å². The summed E-state index contributed by atoms with van der Waals surface area (Å²) in [6, 6.07) is 34.7. The highest BCUT2D eigenvalue weighted by Crippen LogP contribution is 2.39. The zero-order valence-corrected chi connectivity index (χ0v) is 32.0. The Hall–Kier alpha value is -5.16. The number of nitrogens with zero attached hydrogens (tertiary/aromatic N) is 4. The summed E-state index contributed by atoms with van der Waals surface area (Å²) in [7, 11) is 0. The van der Waals surface area contributed by atoms with Gasteiger partial charge in [-0.1, -0.05) is 98.7 Å². The smallest absolute Gasteiger partial charge is 0.137 e. The van der Waals surface area contributed by atoms with Gasteiger partial charge in [0.15, 0.2) is 0 Å². The Morgan fingerprint density at radius 1 is 0.569 bits per heavy atom. The van der Waals surface area contributed by atoms with Crippen molar-refractivity contribution < 1.29 is 4.74 Å². The number of hydrogen-bond donors (Lipinski definition) is 0. The van der Waals surface area contributed by atoms with E-state index in [1.165, 1.54) is 33.0 Å². The van der Waals surface area contributed by atoms with Crippen LogP contribution in [0.1, 0.15) is 90.4 Å². The minimum Gasteiger partial charge on any atom is -0.457 e. The van der Waals surface area contributed by atoms with Crippen LogP contribution in [0.25, 0.3) is 44.4 Å². The average Bonchev–Trinajstić information content (AvgIpc) is 3.56. The third kappa shape index (κ3) is 6.46. The molecule has 0 spiro atoms. The van der Waals surface area contributed by atoms with Crippen molar-refractivity contribution in [2.24, 2.45) is 0 Å². The first kappa shape index (κ1) is 34.3. The van der Waals surface area contributed by atoms with E-state index < -0.39 is 0 Å². The quantitative estimate of drug-likeness (QED) is 0.182. The molecule has 5 heteroatoms. The van der Waals surface area contributed by atoms with Crippen LogP contribution < -0.4 is 4.74 Å². The lowest BCUT2D eigenvalue weighted by molar-refractivity contribution is 0.478. The van der Waals surface area contributed by atoms with Crippen LogP contribution in [0.3, 0.4) is 0 Å². The van der Waals surface area contributed by atoms with Crippen LogP contribution in [0.2, 0.25) is 0 Å². The fraction of sp³-hybridized carbons (Fsp3) is 0.304. The first-order chi connectivity index (χ1) is 24.0. The van der Waals surface area contributed by atoms with Crippen molar-refractivity contribution in [3.8, 4) is 34.1 Å². The molecule has 0 aliphatic carbocycles. The maximum atomic E-state index is 6.81. The lowest BCUT2D eigenvalue weighted by atomic mass is 9.86. The molecule has 0 unspecified atom stereocenters. The molecule has 4 aromatic carbocycles. The number of fused-ring (bicyclic) bond motifs is 3. The van der Waals surface area contributed by atoms with Gasteiger partial charge in [-0.05, 0) is 101 Å². The first-order valence-corrected chi connectivity index (χ1v) is 18.0. The molecule has 3 aromatic heterocycles. The second-order valence-corrected chi connectivity index (χ2v) is 17.0. The maximum Gasteiger partial charge on any atom is 0.137 e. The normalized spacial score (nSPS) is 12.6. The van der Waals surface area contributed by atoms with Gasteiger partial charge in [0.25, 0.3) is 0 Å². The van der Waals surface area contributed by atoms with Crippen molar-refractivity contribution in [2.45, 2.75) is 92.4 Å². The minimum atomic E-state index is -0.0998. The summed E-state index contributed by atoms with van der Waals surface area (Å²) in [6.07, 6.45) is 1.93. The number of pyridine rings is 1. The van der Waals surface area contributed by atoms with Gasteiger partial charge < -0.3 is 4.74 Å². The Morgan fingerprint density at radius 3 is 1.94 bits per heavy atom. The number of rotatable bonds is 5. The first-order valence-electron chi connectivity index (χ1n) is 18.0. The van der Waals surface area contributed by atoms with E-state index in [0.29, 0.717) is 0 Å². The second-order valence-electron chi connectivity index (χ2n) is 17.0. The lowest BCUT2D eigenvalue weighted by Gasteiger charge is -2.22. The van der Waals surface area contributed by atoms with Gasteiger partial charge in [-0.25, -0.2) is 9.67 Å². The molecule has 0 amide bonds. The Kier molecular flexibility index (Phi) is 8.24. The molecule has 3 heterocycles. The molecule has 0 saturated heterocycles. The van der Waals surface area contributed by atoms with Crippen LogP contribution in [0.15, 0.2) is 103 Å². The molecule has 0 radical (unpaired) electrons. The summed E-state index contributed by atoms with van der Waals surface area (Å²) in [5.41, 5.74) is 11.2. The van der Waals surface area contributed by atoms with Gasteiger partial charge in [-0.3, -0.25) is 4.57 Å². The summed E-state index contributed by atoms with van der Waals surface area (Å²) in [5, 5.41) is 7.42. The van der Waals surface area contributed by atoms with Crippen LogP contribution in [-0.2, 0) is 16.2 Å². The summed E-state index contributed by atoms with van der Waals surface area (Å²) in [4.78, 5) is 4.92. The summed E-state index contributed by atoms with van der Waals surface area (Å²) < 4.78 is 11.2. The van der Waals surface area contributed by atoms with E-state index in [4.69, 9.17) is 14.8 Å². The van der Waals surface area contributed by atoms with Crippen molar-refractivity contribution in [2.75, 3.05) is 0 Å². The molecule has 5 nitrogen and oxygen atoms in total. The molecule has 0 bridgehead atoms. The highest BCUT2D eigenvalue weighted by Gasteiger charge is 2.23. The SMILES string of the molecule is Cc1nn(-c2cc(Oc3ccc4c5cc(C(C)(C)C)ccc5n(-c5cc(C(C)(C)C)ccn5)c4c3)cc(C(C)(C)C)c2)c(C)c1-c1ccccc1. The number of benzene rings is 4. The maximum absolute atomic E-state index is 6.81. The van der Waals surface area contributed by atoms with Crippen molar-refractivity contribution in [3.05, 3.63) is 131 Å². The summed E-state index contributed by atoms with van der Waals surface area (Å²) in [5.74, 6) is 2.44. The molecular weight excluding hydrogens is 625 g/mol.